The lowest BCUT2D eigenvalue weighted by Gasteiger charge is -2.25. The van der Waals surface area contributed by atoms with Gasteiger partial charge in [-0.15, -0.1) is 0 Å². The topological polar surface area (TPSA) is 84.2 Å². The molecule has 1 aliphatic rings. The van der Waals surface area contributed by atoms with E-state index in [9.17, 15) is 14.0 Å². The van der Waals surface area contributed by atoms with Crippen LogP contribution in [-0.2, 0) is 9.59 Å². The van der Waals surface area contributed by atoms with Crippen molar-refractivity contribution in [1.29, 1.82) is 0 Å². The first kappa shape index (κ1) is 18.1. The van der Waals surface area contributed by atoms with Crippen LogP contribution in [0.15, 0.2) is 24.3 Å². The molecule has 1 aromatic carbocycles. The summed E-state index contributed by atoms with van der Waals surface area (Å²) >= 11 is 0. The average Bonchev–Trinajstić information content (AvgIpc) is 2.93. The first-order valence-electron chi connectivity index (χ1n) is 8.72. The monoisotopic (exact) mass is 359 g/mol. The number of benzene rings is 1. The number of halogens is 1. The molecule has 2 aromatic rings. The molecule has 0 radical (unpaired) electrons. The quantitative estimate of drug-likeness (QED) is 0.876. The summed E-state index contributed by atoms with van der Waals surface area (Å²) in [5.41, 5.74) is 2.35. The number of aromatic nitrogens is 2. The molecule has 1 aliphatic carbocycles. The molecule has 0 spiro atoms. The van der Waals surface area contributed by atoms with Gasteiger partial charge < -0.3 is 10.4 Å². The first-order valence-corrected chi connectivity index (χ1v) is 8.72. The van der Waals surface area contributed by atoms with Crippen molar-refractivity contribution in [3.8, 4) is 5.69 Å². The molecule has 6 nitrogen and oxygen atoms in total. The molecule has 1 fully saturated rings. The zero-order valence-corrected chi connectivity index (χ0v) is 14.8. The Kier molecular flexibility index (Phi) is 5.06. The summed E-state index contributed by atoms with van der Waals surface area (Å²) in [7, 11) is 0. The van der Waals surface area contributed by atoms with Crippen LogP contribution < -0.4 is 5.32 Å². The van der Waals surface area contributed by atoms with E-state index in [1.54, 1.807) is 12.1 Å². The van der Waals surface area contributed by atoms with Crippen LogP contribution in [0, 0.1) is 31.5 Å². The second-order valence-electron chi connectivity index (χ2n) is 6.88. The fourth-order valence-electron chi connectivity index (χ4n) is 3.48. The molecule has 1 heterocycles. The number of carbonyl (C=O) groups excluding carboxylic acids is 1. The molecule has 0 aliphatic heterocycles. The van der Waals surface area contributed by atoms with E-state index in [2.05, 4.69) is 10.4 Å². The van der Waals surface area contributed by atoms with Crippen molar-refractivity contribution < 1.29 is 19.1 Å². The van der Waals surface area contributed by atoms with Gasteiger partial charge in [0.15, 0.2) is 5.82 Å². The SMILES string of the molecule is Cc1cc(C)n(-c2ccc(NC(=O)C3CCC(C(=O)O)CC3)cc2F)n1. The summed E-state index contributed by atoms with van der Waals surface area (Å²) in [6.45, 7) is 3.69. The zero-order valence-electron chi connectivity index (χ0n) is 14.8. The fraction of sp³-hybridized carbons (Fsp3) is 0.421. The van der Waals surface area contributed by atoms with Gasteiger partial charge in [-0.05, 0) is 63.8 Å². The van der Waals surface area contributed by atoms with Gasteiger partial charge in [-0.1, -0.05) is 0 Å². The summed E-state index contributed by atoms with van der Waals surface area (Å²) in [5.74, 6) is -2.05. The second-order valence-corrected chi connectivity index (χ2v) is 6.88. The molecule has 1 aromatic heterocycles. The Balaban J connectivity index is 1.67. The zero-order chi connectivity index (χ0) is 18.8. The van der Waals surface area contributed by atoms with E-state index in [-0.39, 0.29) is 17.7 Å². The highest BCUT2D eigenvalue weighted by molar-refractivity contribution is 5.92. The Labute approximate surface area is 151 Å². The Morgan fingerprint density at radius 2 is 1.81 bits per heavy atom. The minimum atomic E-state index is -0.800. The molecule has 0 atom stereocenters. The lowest BCUT2D eigenvalue weighted by atomic mass is 9.81. The molecule has 138 valence electrons. The number of amides is 1. The lowest BCUT2D eigenvalue weighted by Crippen LogP contribution is -2.29. The highest BCUT2D eigenvalue weighted by Crippen LogP contribution is 2.30. The number of carbonyl (C=O) groups is 2. The van der Waals surface area contributed by atoms with Gasteiger partial charge in [0.2, 0.25) is 5.91 Å². The first-order chi connectivity index (χ1) is 12.3. The maximum atomic E-state index is 14.5. The van der Waals surface area contributed by atoms with Crippen LogP contribution in [0.4, 0.5) is 10.1 Å². The van der Waals surface area contributed by atoms with Crippen LogP contribution in [0.2, 0.25) is 0 Å². The van der Waals surface area contributed by atoms with Crippen molar-refractivity contribution in [1.82, 2.24) is 9.78 Å². The number of nitrogens with zero attached hydrogens (tertiary/aromatic N) is 2. The molecular weight excluding hydrogens is 337 g/mol. The third kappa shape index (κ3) is 3.76. The second kappa shape index (κ2) is 7.27. The number of hydrogen-bond donors (Lipinski definition) is 2. The minimum absolute atomic E-state index is 0.188. The van der Waals surface area contributed by atoms with Crippen LogP contribution in [0.5, 0.6) is 0 Å². The predicted molar refractivity (Wildman–Crippen MR) is 94.7 cm³/mol. The van der Waals surface area contributed by atoms with Gasteiger partial charge in [-0.3, -0.25) is 9.59 Å². The van der Waals surface area contributed by atoms with Crippen molar-refractivity contribution in [3.63, 3.8) is 0 Å². The molecule has 7 heteroatoms. The molecule has 0 saturated heterocycles. The van der Waals surface area contributed by atoms with Gasteiger partial charge in [-0.25, -0.2) is 9.07 Å². The summed E-state index contributed by atoms with van der Waals surface area (Å²) in [4.78, 5) is 23.4. The van der Waals surface area contributed by atoms with Crippen molar-refractivity contribution in [2.45, 2.75) is 39.5 Å². The highest BCUT2D eigenvalue weighted by atomic mass is 19.1. The van der Waals surface area contributed by atoms with Gasteiger partial charge >= 0.3 is 5.97 Å². The minimum Gasteiger partial charge on any atom is -0.481 e. The van der Waals surface area contributed by atoms with Gasteiger partial charge in [0.1, 0.15) is 5.69 Å². The number of nitrogens with one attached hydrogen (secondary N) is 1. The Morgan fingerprint density at radius 1 is 1.15 bits per heavy atom. The molecule has 0 unspecified atom stereocenters. The van der Waals surface area contributed by atoms with Crippen LogP contribution in [0.25, 0.3) is 5.69 Å². The van der Waals surface area contributed by atoms with Crippen molar-refractivity contribution >= 4 is 17.6 Å². The van der Waals surface area contributed by atoms with Gasteiger partial charge in [0.25, 0.3) is 0 Å². The van der Waals surface area contributed by atoms with E-state index in [0.29, 0.717) is 37.1 Å². The largest absolute Gasteiger partial charge is 0.481 e. The molecule has 0 bridgehead atoms. The van der Waals surface area contributed by atoms with Crippen LogP contribution in [0.1, 0.15) is 37.1 Å². The van der Waals surface area contributed by atoms with Crippen molar-refractivity contribution in [2.24, 2.45) is 11.8 Å². The maximum absolute atomic E-state index is 14.5. The summed E-state index contributed by atoms with van der Waals surface area (Å²) in [6, 6.07) is 6.39. The standard InChI is InChI=1S/C19H22FN3O3/c1-11-9-12(2)23(22-11)17-8-7-15(10-16(17)20)21-18(24)13-3-5-14(6-4-13)19(25)26/h7-10,13-14H,3-6H2,1-2H3,(H,21,24)(H,25,26). The summed E-state index contributed by atoms with van der Waals surface area (Å²) in [5, 5.41) is 16.0. The van der Waals surface area contributed by atoms with E-state index >= 15 is 0 Å². The van der Waals surface area contributed by atoms with Crippen molar-refractivity contribution in [2.75, 3.05) is 5.32 Å². The van der Waals surface area contributed by atoms with E-state index in [0.717, 1.165) is 11.4 Å². The van der Waals surface area contributed by atoms with Crippen LogP contribution in [0.3, 0.4) is 0 Å². The average molecular weight is 359 g/mol. The number of aryl methyl sites for hydroxylation is 2. The van der Waals surface area contributed by atoms with Crippen LogP contribution in [-0.4, -0.2) is 26.8 Å². The summed E-state index contributed by atoms with van der Waals surface area (Å²) < 4.78 is 16.0. The van der Waals surface area contributed by atoms with E-state index in [1.807, 2.05) is 19.9 Å². The predicted octanol–water partition coefficient (Wildman–Crippen LogP) is 3.46. The van der Waals surface area contributed by atoms with E-state index in [1.165, 1.54) is 10.7 Å². The fourth-order valence-corrected chi connectivity index (χ4v) is 3.48. The Bertz CT molecular complexity index is 839. The van der Waals surface area contributed by atoms with Crippen molar-refractivity contribution in [3.05, 3.63) is 41.5 Å². The maximum Gasteiger partial charge on any atom is 0.306 e. The Hall–Kier alpha value is -2.70. The van der Waals surface area contributed by atoms with Gasteiger partial charge in [0, 0.05) is 17.3 Å². The Morgan fingerprint density at radius 3 is 2.35 bits per heavy atom. The third-order valence-electron chi connectivity index (χ3n) is 4.90. The third-order valence-corrected chi connectivity index (χ3v) is 4.90. The summed E-state index contributed by atoms with van der Waals surface area (Å²) in [6.07, 6.45) is 2.07. The molecule has 1 saturated carbocycles. The van der Waals surface area contributed by atoms with Gasteiger partial charge in [-0.2, -0.15) is 5.10 Å². The van der Waals surface area contributed by atoms with Crippen LogP contribution >= 0.6 is 0 Å². The van der Waals surface area contributed by atoms with Gasteiger partial charge in [0.05, 0.1) is 11.6 Å². The molecule has 1 amide bonds. The lowest BCUT2D eigenvalue weighted by molar-refractivity contribution is -0.143. The normalized spacial score (nSPS) is 20.0. The number of carboxylic acids is 1. The number of carboxylic acid groups (broad SMARTS) is 1. The van der Waals surface area contributed by atoms with E-state index < -0.39 is 11.8 Å². The number of rotatable bonds is 4. The highest BCUT2D eigenvalue weighted by Gasteiger charge is 2.29. The molecular formula is C19H22FN3O3. The number of hydrogen-bond acceptors (Lipinski definition) is 3. The molecule has 26 heavy (non-hydrogen) atoms. The molecule has 3 rings (SSSR count). The smallest absolute Gasteiger partial charge is 0.306 e. The number of anilines is 1. The number of aliphatic carboxylic acids is 1. The van der Waals surface area contributed by atoms with E-state index in [4.69, 9.17) is 5.11 Å². The molecule has 2 N–H and O–H groups in total.